The fourth-order valence-electron chi connectivity index (χ4n) is 3.14. The van der Waals surface area contributed by atoms with E-state index >= 15 is 0 Å². The maximum Gasteiger partial charge on any atom is 0.191 e. The van der Waals surface area contributed by atoms with Crippen molar-refractivity contribution < 1.29 is 14.2 Å². The molecule has 0 saturated carbocycles. The Kier molecular flexibility index (Phi) is 8.44. The minimum atomic E-state index is 0.611. The van der Waals surface area contributed by atoms with Gasteiger partial charge >= 0.3 is 0 Å². The Balaban J connectivity index is 1.44. The summed E-state index contributed by atoms with van der Waals surface area (Å²) in [6, 6.07) is 15.9. The number of methoxy groups -OCH3 is 2. The number of aromatic nitrogens is 3. The van der Waals surface area contributed by atoms with Crippen molar-refractivity contribution in [3.05, 3.63) is 59.9 Å². The van der Waals surface area contributed by atoms with Crippen LogP contribution in [0.3, 0.4) is 0 Å². The van der Waals surface area contributed by atoms with Crippen molar-refractivity contribution in [1.29, 1.82) is 0 Å². The number of hydrogen-bond acceptors (Lipinski definition) is 6. The average molecular weight is 428 g/mol. The van der Waals surface area contributed by atoms with Crippen LogP contribution in [0.2, 0.25) is 0 Å². The van der Waals surface area contributed by atoms with Gasteiger partial charge in [-0.25, -0.2) is 0 Å². The van der Waals surface area contributed by atoms with Crippen LogP contribution in [0.25, 0.3) is 0 Å². The summed E-state index contributed by atoms with van der Waals surface area (Å²) < 4.78 is 18.4. The first-order valence-electron chi connectivity index (χ1n) is 10.2. The molecule has 30 heavy (non-hydrogen) atoms. The van der Waals surface area contributed by atoms with Crippen LogP contribution in [0.15, 0.2) is 53.7 Å². The van der Waals surface area contributed by atoms with Crippen molar-refractivity contribution in [1.82, 2.24) is 14.8 Å². The molecule has 1 aromatic heterocycles. The summed E-state index contributed by atoms with van der Waals surface area (Å²) in [7, 11) is 3.34. The molecule has 0 fully saturated rings. The molecule has 160 valence electrons. The lowest BCUT2D eigenvalue weighted by atomic mass is 10.1. The van der Waals surface area contributed by atoms with E-state index in [4.69, 9.17) is 14.2 Å². The Morgan fingerprint density at radius 1 is 0.833 bits per heavy atom. The molecule has 3 aromatic rings. The summed E-state index contributed by atoms with van der Waals surface area (Å²) in [5.74, 6) is 4.42. The summed E-state index contributed by atoms with van der Waals surface area (Å²) >= 11 is 1.68. The minimum absolute atomic E-state index is 0.611. The van der Waals surface area contributed by atoms with E-state index < -0.39 is 0 Å². The summed E-state index contributed by atoms with van der Waals surface area (Å²) in [5.41, 5.74) is 1.31. The quantitative estimate of drug-likeness (QED) is 0.309. The van der Waals surface area contributed by atoms with Gasteiger partial charge in [-0.1, -0.05) is 23.9 Å². The van der Waals surface area contributed by atoms with E-state index in [0.29, 0.717) is 6.61 Å². The van der Waals surface area contributed by atoms with Gasteiger partial charge in [0.05, 0.1) is 20.8 Å². The van der Waals surface area contributed by atoms with Gasteiger partial charge in [-0.2, -0.15) is 0 Å². The van der Waals surface area contributed by atoms with Gasteiger partial charge < -0.3 is 18.8 Å². The van der Waals surface area contributed by atoms with Gasteiger partial charge in [0.25, 0.3) is 0 Å². The molecule has 0 N–H and O–H groups in total. The Bertz CT molecular complexity index is 895. The zero-order valence-electron chi connectivity index (χ0n) is 17.8. The summed E-state index contributed by atoms with van der Waals surface area (Å²) in [4.78, 5) is 0. The zero-order chi connectivity index (χ0) is 21.2. The largest absolute Gasteiger partial charge is 0.497 e. The monoisotopic (exact) mass is 427 g/mol. The van der Waals surface area contributed by atoms with Gasteiger partial charge in [0.15, 0.2) is 5.16 Å². The second-order valence-corrected chi connectivity index (χ2v) is 7.78. The summed E-state index contributed by atoms with van der Waals surface area (Å²) in [5, 5.41) is 9.76. The topological polar surface area (TPSA) is 58.4 Å². The molecule has 0 radical (unpaired) electrons. The van der Waals surface area contributed by atoms with E-state index in [1.54, 1.807) is 26.0 Å². The predicted octanol–water partition coefficient (Wildman–Crippen LogP) is 4.66. The van der Waals surface area contributed by atoms with Gasteiger partial charge in [0.1, 0.15) is 23.1 Å². The second kappa shape index (κ2) is 11.5. The van der Waals surface area contributed by atoms with Crippen molar-refractivity contribution in [2.24, 2.45) is 0 Å². The van der Waals surface area contributed by atoms with Crippen LogP contribution in [0.5, 0.6) is 17.2 Å². The maximum atomic E-state index is 5.80. The Labute approximate surface area is 182 Å². The summed E-state index contributed by atoms with van der Waals surface area (Å²) in [6.07, 6.45) is 2.96. The first-order chi connectivity index (χ1) is 14.7. The molecule has 0 spiro atoms. The molecule has 2 aromatic carbocycles. The van der Waals surface area contributed by atoms with E-state index in [0.717, 1.165) is 59.8 Å². The highest BCUT2D eigenvalue weighted by atomic mass is 32.2. The smallest absolute Gasteiger partial charge is 0.191 e. The number of rotatable bonds is 12. The van der Waals surface area contributed by atoms with Crippen molar-refractivity contribution in [3.63, 3.8) is 0 Å². The lowest BCUT2D eigenvalue weighted by Crippen LogP contribution is -2.06. The van der Waals surface area contributed by atoms with Crippen LogP contribution < -0.4 is 14.2 Å². The average Bonchev–Trinajstić information content (AvgIpc) is 3.19. The molecule has 0 aliphatic carbocycles. The van der Waals surface area contributed by atoms with Crippen molar-refractivity contribution in [2.45, 2.75) is 37.9 Å². The fourth-order valence-corrected chi connectivity index (χ4v) is 3.97. The minimum Gasteiger partial charge on any atom is -0.497 e. The summed E-state index contributed by atoms with van der Waals surface area (Å²) in [6.45, 7) is 3.61. The molecule has 0 aliphatic rings. The molecule has 0 amide bonds. The first-order valence-corrected chi connectivity index (χ1v) is 11.2. The third-order valence-corrected chi connectivity index (χ3v) is 5.71. The van der Waals surface area contributed by atoms with E-state index in [-0.39, 0.29) is 0 Å². The van der Waals surface area contributed by atoms with Gasteiger partial charge in [0, 0.05) is 18.7 Å². The normalized spacial score (nSPS) is 10.8. The highest BCUT2D eigenvalue weighted by Gasteiger charge is 2.11. The molecule has 0 aliphatic heterocycles. The molecule has 0 atom stereocenters. The number of hydrogen-bond donors (Lipinski definition) is 0. The van der Waals surface area contributed by atoms with Gasteiger partial charge in [-0.15, -0.1) is 10.2 Å². The highest BCUT2D eigenvalue weighted by Crippen LogP contribution is 2.20. The second-order valence-electron chi connectivity index (χ2n) is 6.72. The number of thioether (sulfide) groups is 1. The molecular weight excluding hydrogens is 398 g/mol. The van der Waals surface area contributed by atoms with Crippen LogP contribution >= 0.6 is 11.8 Å². The SMILES string of the molecule is CCn1c(CCCc2ccc(OC)cc2)nnc1SCCOc1ccc(OC)cc1. The molecule has 3 rings (SSSR count). The molecule has 6 nitrogen and oxygen atoms in total. The third kappa shape index (κ3) is 6.16. The predicted molar refractivity (Wildman–Crippen MR) is 120 cm³/mol. The van der Waals surface area contributed by atoms with Crippen molar-refractivity contribution in [3.8, 4) is 17.2 Å². The molecule has 0 bridgehead atoms. The fraction of sp³-hybridized carbons (Fsp3) is 0.391. The van der Waals surface area contributed by atoms with E-state index in [1.807, 2.05) is 36.4 Å². The Morgan fingerprint density at radius 2 is 1.47 bits per heavy atom. The lowest BCUT2D eigenvalue weighted by molar-refractivity contribution is 0.342. The number of ether oxygens (including phenoxy) is 3. The van der Waals surface area contributed by atoms with Crippen LogP contribution in [0, 0.1) is 0 Å². The molecule has 7 heteroatoms. The molecule has 0 unspecified atom stereocenters. The molecular formula is C23H29N3O3S. The van der Waals surface area contributed by atoms with Crippen molar-refractivity contribution in [2.75, 3.05) is 26.6 Å². The van der Waals surface area contributed by atoms with E-state index in [1.165, 1.54) is 5.56 Å². The number of benzene rings is 2. The van der Waals surface area contributed by atoms with E-state index in [2.05, 4.69) is 33.8 Å². The van der Waals surface area contributed by atoms with Crippen molar-refractivity contribution >= 4 is 11.8 Å². The van der Waals surface area contributed by atoms with Crippen LogP contribution in [-0.4, -0.2) is 41.3 Å². The van der Waals surface area contributed by atoms with Gasteiger partial charge in [-0.3, -0.25) is 0 Å². The van der Waals surface area contributed by atoms with Gasteiger partial charge in [0.2, 0.25) is 0 Å². The van der Waals surface area contributed by atoms with Crippen LogP contribution in [-0.2, 0) is 19.4 Å². The standard InChI is InChI=1S/C23H29N3O3S/c1-4-26-22(7-5-6-18-8-10-19(27-2)11-9-18)24-25-23(26)30-17-16-29-21-14-12-20(28-3)13-15-21/h8-15H,4-7,16-17H2,1-3H3. The Morgan fingerprint density at radius 3 is 2.10 bits per heavy atom. The zero-order valence-corrected chi connectivity index (χ0v) is 18.7. The van der Waals surface area contributed by atoms with Crippen LogP contribution in [0.1, 0.15) is 24.7 Å². The molecule has 0 saturated heterocycles. The van der Waals surface area contributed by atoms with E-state index in [9.17, 15) is 0 Å². The lowest BCUT2D eigenvalue weighted by Gasteiger charge is -2.09. The van der Waals surface area contributed by atoms with Gasteiger partial charge in [-0.05, 0) is 61.7 Å². The maximum absolute atomic E-state index is 5.80. The first kappa shape index (κ1) is 22.0. The third-order valence-electron chi connectivity index (χ3n) is 4.78. The highest BCUT2D eigenvalue weighted by molar-refractivity contribution is 7.99. The number of aryl methyl sites for hydroxylation is 2. The van der Waals surface area contributed by atoms with Crippen LogP contribution in [0.4, 0.5) is 0 Å². The number of nitrogens with zero attached hydrogens (tertiary/aromatic N) is 3. The Hall–Kier alpha value is -2.67. The molecule has 1 heterocycles.